The number of nitrogens with zero attached hydrogens (tertiary/aromatic N) is 2. The summed E-state index contributed by atoms with van der Waals surface area (Å²) >= 11 is 8.26. The van der Waals surface area contributed by atoms with Gasteiger partial charge in [-0.25, -0.2) is 4.90 Å². The molecular formula is C27H24ClN3O7S2. The van der Waals surface area contributed by atoms with Crippen LogP contribution in [0.2, 0.25) is 5.02 Å². The highest BCUT2D eigenvalue weighted by atomic mass is 35.5. The van der Waals surface area contributed by atoms with Crippen LogP contribution < -0.4 is 19.2 Å². The summed E-state index contributed by atoms with van der Waals surface area (Å²) in [5, 5.41) is 0.350. The minimum Gasteiger partial charge on any atom is -0.493 e. The largest absolute Gasteiger partial charge is 0.493 e. The summed E-state index contributed by atoms with van der Waals surface area (Å²) in [6.07, 6.45) is 0. The third kappa shape index (κ3) is 4.78. The number of H-pyrrole nitrogens is 1. The van der Waals surface area contributed by atoms with E-state index in [0.29, 0.717) is 64.0 Å². The molecule has 4 heterocycles. The van der Waals surface area contributed by atoms with Crippen molar-refractivity contribution in [2.75, 3.05) is 44.9 Å². The topological polar surface area (TPSA) is 118 Å². The number of hydrogen-bond acceptors (Lipinski definition) is 9. The van der Waals surface area contributed by atoms with Crippen molar-refractivity contribution in [1.29, 1.82) is 0 Å². The summed E-state index contributed by atoms with van der Waals surface area (Å²) in [6, 6.07) is 11.7. The number of aromatic nitrogens is 1. The number of rotatable bonds is 6. The molecule has 13 heteroatoms. The molecule has 2 fully saturated rings. The van der Waals surface area contributed by atoms with Gasteiger partial charge in [0.1, 0.15) is 5.25 Å². The first-order chi connectivity index (χ1) is 19.4. The maximum absolute atomic E-state index is 13.9. The third-order valence-corrected chi connectivity index (χ3v) is 9.82. The van der Waals surface area contributed by atoms with E-state index >= 15 is 0 Å². The highest BCUT2D eigenvalue weighted by Crippen LogP contribution is 2.53. The van der Waals surface area contributed by atoms with E-state index in [4.69, 9.17) is 25.8 Å². The van der Waals surface area contributed by atoms with Crippen molar-refractivity contribution >= 4 is 58.1 Å². The van der Waals surface area contributed by atoms with Gasteiger partial charge >= 0.3 is 4.87 Å². The van der Waals surface area contributed by atoms with Crippen molar-refractivity contribution in [2.24, 2.45) is 5.92 Å². The maximum Gasteiger partial charge on any atom is 0.305 e. The van der Waals surface area contributed by atoms with Crippen LogP contribution in [0.5, 0.6) is 11.5 Å². The quantitative estimate of drug-likeness (QED) is 0.428. The number of nitrogens with one attached hydrogen (secondary N) is 1. The average molecular weight is 602 g/mol. The van der Waals surface area contributed by atoms with Crippen molar-refractivity contribution < 1.29 is 28.6 Å². The standard InChI is InChI=1S/C27H24ClN3O7S2/c1-36-18-12-14(2-7-17(18)38-13-19(32)30-8-10-37-11-9-30)20-21-23(39-24-22(20)40-27(35)29-24)26(34)31(25(21)33)16-5-3-15(28)4-6-16/h2-7,12,20-21,23H,8-11,13H2,1H3,(H,29,35)/t20-,21-,23+/m0/s1. The van der Waals surface area contributed by atoms with E-state index in [9.17, 15) is 19.2 Å². The number of thioether (sulfide) groups is 1. The Kier molecular flexibility index (Phi) is 7.34. The zero-order valence-corrected chi connectivity index (χ0v) is 23.6. The molecule has 208 valence electrons. The lowest BCUT2D eigenvalue weighted by Crippen LogP contribution is -2.43. The molecule has 1 aromatic heterocycles. The Morgan fingerprint density at radius 3 is 2.55 bits per heavy atom. The number of halogens is 1. The van der Waals surface area contributed by atoms with Gasteiger partial charge in [-0.05, 0) is 42.0 Å². The number of fused-ring (bicyclic) bond motifs is 2. The smallest absolute Gasteiger partial charge is 0.305 e. The van der Waals surface area contributed by atoms with Crippen molar-refractivity contribution in [3.8, 4) is 11.5 Å². The van der Waals surface area contributed by atoms with E-state index < -0.39 is 17.1 Å². The molecule has 3 aliphatic heterocycles. The van der Waals surface area contributed by atoms with Gasteiger partial charge in [-0.15, -0.1) is 0 Å². The fourth-order valence-electron chi connectivity index (χ4n) is 5.26. The van der Waals surface area contributed by atoms with E-state index in [-0.39, 0.29) is 29.2 Å². The maximum atomic E-state index is 13.9. The molecule has 10 nitrogen and oxygen atoms in total. The summed E-state index contributed by atoms with van der Waals surface area (Å²) in [4.78, 5) is 58.5. The van der Waals surface area contributed by atoms with E-state index in [0.717, 1.165) is 11.3 Å². The summed E-state index contributed by atoms with van der Waals surface area (Å²) in [5.41, 5.74) is 1.13. The summed E-state index contributed by atoms with van der Waals surface area (Å²) in [7, 11) is 1.49. The van der Waals surface area contributed by atoms with Crippen LogP contribution in [0.25, 0.3) is 0 Å². The van der Waals surface area contributed by atoms with E-state index in [1.807, 2.05) is 0 Å². The highest BCUT2D eigenvalue weighted by molar-refractivity contribution is 8.00. The lowest BCUT2D eigenvalue weighted by atomic mass is 9.83. The Bertz CT molecular complexity index is 1530. The first-order valence-corrected chi connectivity index (χ1v) is 14.6. The Morgan fingerprint density at radius 2 is 1.82 bits per heavy atom. The van der Waals surface area contributed by atoms with E-state index in [1.54, 1.807) is 47.4 Å². The average Bonchev–Trinajstić information content (AvgIpc) is 3.46. The van der Waals surface area contributed by atoms with Gasteiger partial charge in [0.05, 0.1) is 37.0 Å². The number of methoxy groups -OCH3 is 1. The molecular weight excluding hydrogens is 578 g/mol. The van der Waals surface area contributed by atoms with Crippen LogP contribution in [-0.4, -0.2) is 72.9 Å². The van der Waals surface area contributed by atoms with Crippen molar-refractivity contribution in [2.45, 2.75) is 16.2 Å². The number of benzene rings is 2. The Labute approximate surface area is 242 Å². The molecule has 0 aliphatic carbocycles. The molecule has 3 aliphatic rings. The predicted octanol–water partition coefficient (Wildman–Crippen LogP) is 3.13. The van der Waals surface area contributed by atoms with E-state index in [2.05, 4.69) is 4.98 Å². The number of ether oxygens (including phenoxy) is 3. The molecule has 1 N–H and O–H groups in total. The Balaban J connectivity index is 1.32. The highest BCUT2D eigenvalue weighted by Gasteiger charge is 2.56. The van der Waals surface area contributed by atoms with Gasteiger partial charge in [-0.3, -0.25) is 19.2 Å². The fraction of sp³-hybridized carbons (Fsp3) is 0.333. The van der Waals surface area contributed by atoms with Crippen LogP contribution in [0, 0.1) is 5.92 Å². The predicted molar refractivity (Wildman–Crippen MR) is 150 cm³/mol. The Hall–Kier alpha value is -3.32. The molecule has 40 heavy (non-hydrogen) atoms. The lowest BCUT2D eigenvalue weighted by molar-refractivity contribution is -0.137. The first kappa shape index (κ1) is 26.9. The number of carbonyl (C=O) groups excluding carboxylic acids is 3. The third-order valence-electron chi connectivity index (χ3n) is 7.17. The molecule has 0 spiro atoms. The minimum atomic E-state index is -0.744. The van der Waals surface area contributed by atoms with Gasteiger partial charge in [0, 0.05) is 28.9 Å². The van der Waals surface area contributed by atoms with Gasteiger partial charge in [-0.2, -0.15) is 0 Å². The Morgan fingerprint density at radius 1 is 1.07 bits per heavy atom. The number of amides is 3. The molecule has 2 saturated heterocycles. The zero-order valence-electron chi connectivity index (χ0n) is 21.3. The molecule has 0 radical (unpaired) electrons. The van der Waals surface area contributed by atoms with Crippen molar-refractivity contribution in [3.63, 3.8) is 0 Å². The number of hydrogen-bond donors (Lipinski definition) is 1. The second-order valence-electron chi connectivity index (χ2n) is 9.43. The van der Waals surface area contributed by atoms with Gasteiger partial charge in [-0.1, -0.05) is 40.8 Å². The van der Waals surface area contributed by atoms with Crippen LogP contribution in [0.4, 0.5) is 5.69 Å². The van der Waals surface area contributed by atoms with E-state index in [1.165, 1.54) is 23.8 Å². The van der Waals surface area contributed by atoms with Crippen molar-refractivity contribution in [1.82, 2.24) is 9.88 Å². The monoisotopic (exact) mass is 601 g/mol. The number of carbonyl (C=O) groups is 3. The molecule has 0 unspecified atom stereocenters. The van der Waals surface area contributed by atoms with Crippen LogP contribution >= 0.6 is 34.7 Å². The molecule has 3 amide bonds. The summed E-state index contributed by atoms with van der Waals surface area (Å²) in [6.45, 7) is 1.86. The minimum absolute atomic E-state index is 0.152. The molecule has 0 bridgehead atoms. The molecule has 3 atom stereocenters. The number of anilines is 1. The first-order valence-electron chi connectivity index (χ1n) is 12.5. The fourth-order valence-corrected chi connectivity index (χ4v) is 7.90. The van der Waals surface area contributed by atoms with Gasteiger partial charge in [0.25, 0.3) is 5.91 Å². The SMILES string of the molecule is COc1cc([C@@H]2c3sc(=O)[nH]c3S[C@H]3C(=O)N(c4ccc(Cl)cc4)C(=O)[C@@H]23)ccc1OCC(=O)N1CCOCC1. The number of aromatic amines is 1. The number of imide groups is 1. The molecule has 2 aromatic carbocycles. The second-order valence-corrected chi connectivity index (χ2v) is 12.0. The lowest BCUT2D eigenvalue weighted by Gasteiger charge is -2.30. The zero-order chi connectivity index (χ0) is 28.0. The molecule has 0 saturated carbocycles. The summed E-state index contributed by atoms with van der Waals surface area (Å²) in [5.74, 6) is -1.43. The van der Waals surface area contributed by atoms with Crippen molar-refractivity contribution in [3.05, 3.63) is 67.6 Å². The van der Waals surface area contributed by atoms with Gasteiger partial charge < -0.3 is 24.1 Å². The summed E-state index contributed by atoms with van der Waals surface area (Å²) < 4.78 is 16.7. The van der Waals surface area contributed by atoms with Gasteiger partial charge in [0.2, 0.25) is 11.8 Å². The van der Waals surface area contributed by atoms with Crippen LogP contribution in [-0.2, 0) is 19.1 Å². The van der Waals surface area contributed by atoms with Crippen LogP contribution in [0.15, 0.2) is 52.3 Å². The number of thiazole rings is 1. The molecule has 6 rings (SSSR count). The number of morpholine rings is 1. The van der Waals surface area contributed by atoms with Gasteiger partial charge in [0.15, 0.2) is 18.1 Å². The second kappa shape index (κ2) is 10.9. The van der Waals surface area contributed by atoms with Crippen LogP contribution in [0.1, 0.15) is 16.4 Å². The van der Waals surface area contributed by atoms with Crippen LogP contribution in [0.3, 0.4) is 0 Å². The normalized spacial score (nSPS) is 22.2. The molecule has 3 aromatic rings.